The highest BCUT2D eigenvalue weighted by Gasteiger charge is 2.18. The highest BCUT2D eigenvalue weighted by atomic mass is 35.5. The summed E-state index contributed by atoms with van der Waals surface area (Å²) in [6.45, 7) is 9.88. The summed E-state index contributed by atoms with van der Waals surface area (Å²) in [6, 6.07) is 6.77. The van der Waals surface area contributed by atoms with Gasteiger partial charge in [0.2, 0.25) is 0 Å². The average molecular weight is 489 g/mol. The maximum absolute atomic E-state index is 12.3. The van der Waals surface area contributed by atoms with Gasteiger partial charge in [0.05, 0.1) is 10.0 Å². The van der Waals surface area contributed by atoms with Crippen molar-refractivity contribution in [3.63, 3.8) is 0 Å². The molecule has 1 aromatic carbocycles. The van der Waals surface area contributed by atoms with Gasteiger partial charge >= 0.3 is 6.03 Å². The lowest BCUT2D eigenvalue weighted by Crippen LogP contribution is -2.29. The number of rotatable bonds is 10. The lowest BCUT2D eigenvalue weighted by molar-refractivity contribution is 0.252. The molecular weight excluding hydrogens is 459 g/mol. The number of aromatic nitrogens is 3. The van der Waals surface area contributed by atoms with Crippen LogP contribution in [-0.4, -0.2) is 52.1 Å². The number of pyridine rings is 1. The van der Waals surface area contributed by atoms with Crippen LogP contribution in [0.15, 0.2) is 30.5 Å². The van der Waals surface area contributed by atoms with Crippen LogP contribution in [0, 0.1) is 0 Å². The minimum Gasteiger partial charge on any atom is -0.338 e. The van der Waals surface area contributed by atoms with E-state index in [4.69, 9.17) is 23.2 Å². The third kappa shape index (κ3) is 6.53. The standard InChI is InChI=1S/C24H30Cl2N6O/c1-4-27-24(33)31-23-17(21-18(25)10-9-11-19(21)26)14-16-15-28-20(29-22(16)30-23)12-7-8-13-32(5-2)6-3/h9-11,14-15H,4-8,12-13H2,1-3H3,(H2,27,28,29,30,31,33). The highest BCUT2D eigenvalue weighted by Crippen LogP contribution is 2.39. The van der Waals surface area contributed by atoms with Gasteiger partial charge in [-0.1, -0.05) is 43.1 Å². The summed E-state index contributed by atoms with van der Waals surface area (Å²) in [5.74, 6) is 1.08. The van der Waals surface area contributed by atoms with E-state index in [1.807, 2.05) is 13.0 Å². The topological polar surface area (TPSA) is 83.0 Å². The molecule has 2 heterocycles. The first-order chi connectivity index (χ1) is 16.0. The zero-order chi connectivity index (χ0) is 23.8. The number of halogens is 2. The third-order valence-corrected chi connectivity index (χ3v) is 6.07. The molecule has 0 saturated carbocycles. The Balaban J connectivity index is 1.92. The number of amides is 2. The quantitative estimate of drug-likeness (QED) is 0.352. The number of anilines is 1. The second-order valence-electron chi connectivity index (χ2n) is 7.65. The van der Waals surface area contributed by atoms with Crippen LogP contribution in [0.2, 0.25) is 10.0 Å². The number of urea groups is 1. The Bertz CT molecular complexity index is 1080. The molecule has 0 aliphatic heterocycles. The van der Waals surface area contributed by atoms with Gasteiger partial charge in [0.1, 0.15) is 11.6 Å². The summed E-state index contributed by atoms with van der Waals surface area (Å²) in [6.07, 6.45) is 4.62. The molecule has 7 nitrogen and oxygen atoms in total. The van der Waals surface area contributed by atoms with Gasteiger partial charge in [-0.05, 0) is 57.6 Å². The Hall–Kier alpha value is -2.48. The van der Waals surface area contributed by atoms with E-state index in [1.54, 1.807) is 24.4 Å². The normalized spacial score (nSPS) is 11.2. The number of carbonyl (C=O) groups is 1. The molecule has 9 heteroatoms. The minimum atomic E-state index is -0.362. The zero-order valence-corrected chi connectivity index (χ0v) is 20.8. The molecule has 0 unspecified atom stereocenters. The molecule has 3 rings (SSSR count). The van der Waals surface area contributed by atoms with Crippen molar-refractivity contribution in [1.82, 2.24) is 25.2 Å². The van der Waals surface area contributed by atoms with Crippen LogP contribution in [0.1, 0.15) is 39.4 Å². The van der Waals surface area contributed by atoms with Gasteiger partial charge in [0.25, 0.3) is 0 Å². The molecule has 2 aromatic heterocycles. The number of nitrogens with one attached hydrogen (secondary N) is 2. The average Bonchev–Trinajstić information content (AvgIpc) is 2.79. The molecule has 0 bridgehead atoms. The molecule has 0 saturated heterocycles. The Kier molecular flexibility index (Phi) is 9.23. The molecule has 176 valence electrons. The fraction of sp³-hybridized carbons (Fsp3) is 0.417. The molecule has 0 atom stereocenters. The Morgan fingerprint density at radius 1 is 1.06 bits per heavy atom. The van der Waals surface area contributed by atoms with Gasteiger partial charge in [0, 0.05) is 35.7 Å². The summed E-state index contributed by atoms with van der Waals surface area (Å²) < 4.78 is 0. The minimum absolute atomic E-state index is 0.342. The molecule has 2 amide bonds. The number of carbonyl (C=O) groups excluding carboxylic acids is 1. The van der Waals surface area contributed by atoms with Crippen LogP contribution in [0.4, 0.5) is 10.6 Å². The van der Waals surface area contributed by atoms with Crippen molar-refractivity contribution in [1.29, 1.82) is 0 Å². The Morgan fingerprint density at radius 3 is 2.45 bits per heavy atom. The number of hydrogen-bond acceptors (Lipinski definition) is 5. The largest absolute Gasteiger partial charge is 0.338 e. The monoisotopic (exact) mass is 488 g/mol. The molecular formula is C24H30Cl2N6O. The fourth-order valence-corrected chi connectivity index (χ4v) is 4.23. The van der Waals surface area contributed by atoms with Crippen LogP contribution < -0.4 is 10.6 Å². The van der Waals surface area contributed by atoms with Crippen molar-refractivity contribution >= 4 is 46.1 Å². The fourth-order valence-electron chi connectivity index (χ4n) is 3.63. The lowest BCUT2D eigenvalue weighted by atomic mass is 10.0. The first-order valence-electron chi connectivity index (χ1n) is 11.3. The van der Waals surface area contributed by atoms with Crippen molar-refractivity contribution in [2.75, 3.05) is 31.5 Å². The maximum atomic E-state index is 12.3. The van der Waals surface area contributed by atoms with Crippen molar-refractivity contribution in [3.05, 3.63) is 46.3 Å². The lowest BCUT2D eigenvalue weighted by Gasteiger charge is -2.17. The van der Waals surface area contributed by atoms with Crippen molar-refractivity contribution < 1.29 is 4.79 Å². The molecule has 0 fully saturated rings. The number of hydrogen-bond donors (Lipinski definition) is 2. The van der Waals surface area contributed by atoms with E-state index in [9.17, 15) is 4.79 Å². The summed E-state index contributed by atoms with van der Waals surface area (Å²) in [5.41, 5.74) is 1.73. The molecule has 0 aliphatic rings. The molecule has 0 aliphatic carbocycles. The number of aryl methyl sites for hydroxylation is 1. The molecule has 0 radical (unpaired) electrons. The SMILES string of the molecule is CCNC(=O)Nc1nc2nc(CCCCN(CC)CC)ncc2cc1-c1c(Cl)cccc1Cl. The van der Waals surface area contributed by atoms with E-state index in [-0.39, 0.29) is 6.03 Å². The van der Waals surface area contributed by atoms with E-state index < -0.39 is 0 Å². The van der Waals surface area contributed by atoms with E-state index in [0.29, 0.717) is 39.2 Å². The first kappa shape index (κ1) is 25.1. The predicted molar refractivity (Wildman–Crippen MR) is 136 cm³/mol. The number of fused-ring (bicyclic) bond motifs is 1. The van der Waals surface area contributed by atoms with Crippen LogP contribution in [-0.2, 0) is 6.42 Å². The summed E-state index contributed by atoms with van der Waals surface area (Å²) in [5, 5.41) is 7.21. The maximum Gasteiger partial charge on any atom is 0.320 e. The van der Waals surface area contributed by atoms with E-state index in [2.05, 4.69) is 44.3 Å². The smallest absolute Gasteiger partial charge is 0.320 e. The van der Waals surface area contributed by atoms with Gasteiger partial charge < -0.3 is 10.2 Å². The summed E-state index contributed by atoms with van der Waals surface area (Å²) in [7, 11) is 0. The summed E-state index contributed by atoms with van der Waals surface area (Å²) >= 11 is 12.9. The molecule has 33 heavy (non-hydrogen) atoms. The van der Waals surface area contributed by atoms with Crippen LogP contribution >= 0.6 is 23.2 Å². The van der Waals surface area contributed by atoms with E-state index >= 15 is 0 Å². The molecule has 2 N–H and O–H groups in total. The van der Waals surface area contributed by atoms with Crippen molar-refractivity contribution in [2.24, 2.45) is 0 Å². The van der Waals surface area contributed by atoms with Crippen molar-refractivity contribution in [3.8, 4) is 11.1 Å². The Labute approximate surface area is 204 Å². The van der Waals surface area contributed by atoms with Gasteiger partial charge in [-0.25, -0.2) is 19.7 Å². The van der Waals surface area contributed by atoms with Gasteiger partial charge in [-0.2, -0.15) is 0 Å². The van der Waals surface area contributed by atoms with E-state index in [1.165, 1.54) is 0 Å². The van der Waals surface area contributed by atoms with E-state index in [0.717, 1.165) is 50.1 Å². The van der Waals surface area contributed by atoms with Crippen molar-refractivity contribution in [2.45, 2.75) is 40.0 Å². The first-order valence-corrected chi connectivity index (χ1v) is 12.1. The molecule has 3 aromatic rings. The molecule has 0 spiro atoms. The zero-order valence-electron chi connectivity index (χ0n) is 19.3. The van der Waals surface area contributed by atoms with Gasteiger partial charge in [-0.3, -0.25) is 5.32 Å². The highest BCUT2D eigenvalue weighted by molar-refractivity contribution is 6.39. The second-order valence-corrected chi connectivity index (χ2v) is 8.46. The third-order valence-electron chi connectivity index (χ3n) is 5.44. The van der Waals surface area contributed by atoms with Gasteiger partial charge in [-0.15, -0.1) is 0 Å². The van der Waals surface area contributed by atoms with Crippen LogP contribution in [0.3, 0.4) is 0 Å². The number of unbranched alkanes of at least 4 members (excludes halogenated alkanes) is 1. The predicted octanol–water partition coefficient (Wildman–Crippen LogP) is 5.80. The number of nitrogens with zero attached hydrogens (tertiary/aromatic N) is 4. The van der Waals surface area contributed by atoms with Crippen LogP contribution in [0.25, 0.3) is 22.2 Å². The van der Waals surface area contributed by atoms with Gasteiger partial charge in [0.15, 0.2) is 5.65 Å². The van der Waals surface area contributed by atoms with Crippen LogP contribution in [0.5, 0.6) is 0 Å². The second kappa shape index (κ2) is 12.1. The summed E-state index contributed by atoms with van der Waals surface area (Å²) in [4.78, 5) is 28.5. The Morgan fingerprint density at radius 2 is 1.79 bits per heavy atom. The number of benzene rings is 1.